The number of halogens is 1. The predicted molar refractivity (Wildman–Crippen MR) is 121 cm³/mol. The van der Waals surface area contributed by atoms with Crippen LogP contribution in [0.15, 0.2) is 42.5 Å². The number of H-pyrrole nitrogens is 1. The van der Waals surface area contributed by atoms with Crippen molar-refractivity contribution in [2.24, 2.45) is 0 Å². The zero-order valence-corrected chi connectivity index (χ0v) is 18.4. The number of nitrogens with one attached hydrogen (secondary N) is 1. The Kier molecular flexibility index (Phi) is 6.44. The molecule has 0 aliphatic rings. The number of aryl methyl sites for hydroxylation is 2. The third-order valence-corrected chi connectivity index (χ3v) is 5.68. The van der Waals surface area contributed by atoms with Gasteiger partial charge in [0.1, 0.15) is 5.82 Å². The summed E-state index contributed by atoms with van der Waals surface area (Å²) in [5.41, 5.74) is 5.96. The van der Waals surface area contributed by atoms with Gasteiger partial charge in [-0.2, -0.15) is 5.21 Å². The van der Waals surface area contributed by atoms with Crippen LogP contribution in [-0.2, 0) is 19.6 Å². The van der Waals surface area contributed by atoms with Crippen molar-refractivity contribution in [3.8, 4) is 22.5 Å². The van der Waals surface area contributed by atoms with Crippen LogP contribution in [-0.4, -0.2) is 35.3 Å². The number of imidazole rings is 1. The highest BCUT2D eigenvalue weighted by molar-refractivity contribution is 6.30. The molecule has 0 spiro atoms. The van der Waals surface area contributed by atoms with E-state index in [1.807, 2.05) is 11.5 Å². The first-order chi connectivity index (χ1) is 15.1. The highest BCUT2D eigenvalue weighted by Gasteiger charge is 2.16. The maximum atomic E-state index is 9.79. The lowest BCUT2D eigenvalue weighted by Crippen LogP contribution is -2.09. The highest BCUT2D eigenvalue weighted by Crippen LogP contribution is 2.31. The monoisotopic (exact) mass is 436 g/mol. The zero-order chi connectivity index (χ0) is 21.8. The van der Waals surface area contributed by atoms with Gasteiger partial charge < -0.3 is 9.67 Å². The summed E-state index contributed by atoms with van der Waals surface area (Å²) in [6.45, 7) is 4.67. The molecule has 0 radical (unpaired) electrons. The van der Waals surface area contributed by atoms with Crippen molar-refractivity contribution in [1.82, 2.24) is 30.2 Å². The lowest BCUT2D eigenvalue weighted by molar-refractivity contribution is 0.271. The van der Waals surface area contributed by atoms with E-state index in [-0.39, 0.29) is 6.61 Å². The molecule has 4 rings (SSSR count). The highest BCUT2D eigenvalue weighted by atomic mass is 35.5. The Labute approximate surface area is 186 Å². The summed E-state index contributed by atoms with van der Waals surface area (Å²) in [6.07, 6.45) is 2.95. The molecule has 0 saturated carbocycles. The molecule has 0 aliphatic carbocycles. The molecule has 2 aromatic heterocycles. The number of tetrazole rings is 1. The fraction of sp³-hybridized carbons (Fsp3) is 0.304. The number of hydrogen-bond donors (Lipinski definition) is 2. The van der Waals surface area contributed by atoms with Crippen molar-refractivity contribution in [2.45, 2.75) is 46.3 Å². The standard InChI is InChI=1S/C23H25ClN6O/c1-3-4-5-21-25-22(24)20(14-31)30(21)13-16-7-9-17(10-8-16)18-11-6-15(2)12-19(18)23-26-28-29-27-23/h6-12,31H,3-5,13-14H2,1-2H3,(H,26,27,28,29). The van der Waals surface area contributed by atoms with E-state index in [9.17, 15) is 5.11 Å². The number of nitrogens with zero attached hydrogens (tertiary/aromatic N) is 5. The minimum Gasteiger partial charge on any atom is -0.390 e. The Hall–Kier alpha value is -3.03. The SMILES string of the molecule is CCCCc1nc(Cl)c(CO)n1Cc1ccc(-c2ccc(C)cc2-c2nn[nH]n2)cc1. The summed E-state index contributed by atoms with van der Waals surface area (Å²) in [5.74, 6) is 1.49. The van der Waals surface area contributed by atoms with Gasteiger partial charge in [0, 0.05) is 18.5 Å². The maximum absolute atomic E-state index is 9.79. The minimum absolute atomic E-state index is 0.131. The van der Waals surface area contributed by atoms with E-state index >= 15 is 0 Å². The van der Waals surface area contributed by atoms with Crippen LogP contribution >= 0.6 is 11.6 Å². The Bertz CT molecular complexity index is 1150. The maximum Gasteiger partial charge on any atom is 0.205 e. The van der Waals surface area contributed by atoms with E-state index < -0.39 is 0 Å². The van der Waals surface area contributed by atoms with E-state index in [0.717, 1.165) is 52.9 Å². The largest absolute Gasteiger partial charge is 0.390 e. The van der Waals surface area contributed by atoms with Crippen LogP contribution in [0.25, 0.3) is 22.5 Å². The van der Waals surface area contributed by atoms with Crippen LogP contribution in [0, 0.1) is 6.92 Å². The number of unbranched alkanes of at least 4 members (excludes halogenated alkanes) is 1. The molecule has 0 atom stereocenters. The summed E-state index contributed by atoms with van der Waals surface area (Å²) in [5, 5.41) is 24.7. The first-order valence-corrected chi connectivity index (χ1v) is 10.8. The van der Waals surface area contributed by atoms with Gasteiger partial charge in [-0.15, -0.1) is 10.2 Å². The smallest absolute Gasteiger partial charge is 0.205 e. The second kappa shape index (κ2) is 9.41. The van der Waals surface area contributed by atoms with Gasteiger partial charge in [0.2, 0.25) is 5.82 Å². The minimum atomic E-state index is -0.131. The molecule has 0 fully saturated rings. The third kappa shape index (κ3) is 4.52. The zero-order valence-electron chi connectivity index (χ0n) is 17.6. The Morgan fingerprint density at radius 3 is 2.58 bits per heavy atom. The van der Waals surface area contributed by atoms with Crippen LogP contribution in [0.1, 0.15) is 42.4 Å². The molecule has 2 aromatic carbocycles. The van der Waals surface area contributed by atoms with Gasteiger partial charge >= 0.3 is 0 Å². The van der Waals surface area contributed by atoms with Gasteiger partial charge in [-0.25, -0.2) is 4.98 Å². The molecule has 160 valence electrons. The van der Waals surface area contributed by atoms with Crippen molar-refractivity contribution in [3.05, 3.63) is 70.3 Å². The number of hydrogen-bond acceptors (Lipinski definition) is 5. The van der Waals surface area contributed by atoms with E-state index in [0.29, 0.717) is 23.2 Å². The molecular formula is C23H25ClN6O. The Balaban J connectivity index is 1.64. The molecular weight excluding hydrogens is 412 g/mol. The van der Waals surface area contributed by atoms with Crippen molar-refractivity contribution < 1.29 is 5.11 Å². The second-order valence-electron chi connectivity index (χ2n) is 7.59. The average molecular weight is 437 g/mol. The lowest BCUT2D eigenvalue weighted by atomic mass is 9.96. The third-order valence-electron chi connectivity index (χ3n) is 5.37. The first kappa shape index (κ1) is 21.2. The van der Waals surface area contributed by atoms with Crippen LogP contribution in [0.3, 0.4) is 0 Å². The molecule has 0 unspecified atom stereocenters. The van der Waals surface area contributed by atoms with Crippen molar-refractivity contribution in [3.63, 3.8) is 0 Å². The first-order valence-electron chi connectivity index (χ1n) is 10.4. The van der Waals surface area contributed by atoms with Gasteiger partial charge in [-0.05, 0) is 41.3 Å². The van der Waals surface area contributed by atoms with Crippen molar-refractivity contribution in [2.75, 3.05) is 0 Å². The Morgan fingerprint density at radius 2 is 1.90 bits per heavy atom. The Morgan fingerprint density at radius 1 is 1.10 bits per heavy atom. The number of aliphatic hydroxyl groups excluding tert-OH is 1. The molecule has 0 aliphatic heterocycles. The second-order valence-corrected chi connectivity index (χ2v) is 7.95. The van der Waals surface area contributed by atoms with Gasteiger partial charge in [0.05, 0.1) is 12.3 Å². The number of benzene rings is 2. The van der Waals surface area contributed by atoms with Crippen LogP contribution in [0.5, 0.6) is 0 Å². The van der Waals surface area contributed by atoms with Crippen LogP contribution < -0.4 is 0 Å². The summed E-state index contributed by atoms with van der Waals surface area (Å²) in [4.78, 5) is 4.47. The van der Waals surface area contributed by atoms with Gasteiger partial charge in [0.25, 0.3) is 0 Å². The quantitative estimate of drug-likeness (QED) is 0.422. The number of rotatable bonds is 8. The summed E-state index contributed by atoms with van der Waals surface area (Å²) < 4.78 is 2.03. The average Bonchev–Trinajstić information content (AvgIpc) is 3.41. The number of aromatic amines is 1. The summed E-state index contributed by atoms with van der Waals surface area (Å²) in [7, 11) is 0. The van der Waals surface area contributed by atoms with Gasteiger partial charge in [0.15, 0.2) is 5.15 Å². The van der Waals surface area contributed by atoms with E-state index in [1.54, 1.807) is 0 Å². The van der Waals surface area contributed by atoms with Crippen LogP contribution in [0.2, 0.25) is 5.15 Å². The molecule has 31 heavy (non-hydrogen) atoms. The molecule has 0 amide bonds. The van der Waals surface area contributed by atoms with Gasteiger partial charge in [-0.1, -0.05) is 66.9 Å². The summed E-state index contributed by atoms with van der Waals surface area (Å²) in [6, 6.07) is 14.6. The van der Waals surface area contributed by atoms with Gasteiger partial charge in [-0.3, -0.25) is 0 Å². The fourth-order valence-corrected chi connectivity index (χ4v) is 3.97. The molecule has 0 bridgehead atoms. The molecule has 2 heterocycles. The van der Waals surface area contributed by atoms with Crippen LogP contribution in [0.4, 0.5) is 0 Å². The topological polar surface area (TPSA) is 92.5 Å². The summed E-state index contributed by atoms with van der Waals surface area (Å²) >= 11 is 6.27. The molecule has 2 N–H and O–H groups in total. The molecule has 0 saturated heterocycles. The van der Waals surface area contributed by atoms with Crippen molar-refractivity contribution >= 4 is 11.6 Å². The van der Waals surface area contributed by atoms with Crippen molar-refractivity contribution in [1.29, 1.82) is 0 Å². The number of aliphatic hydroxyl groups is 1. The van der Waals surface area contributed by atoms with E-state index in [2.05, 4.69) is 75.0 Å². The lowest BCUT2D eigenvalue weighted by Gasteiger charge is -2.13. The fourth-order valence-electron chi connectivity index (χ4n) is 3.71. The normalized spacial score (nSPS) is 11.2. The molecule has 7 nitrogen and oxygen atoms in total. The molecule has 8 heteroatoms. The number of aromatic nitrogens is 6. The van der Waals surface area contributed by atoms with E-state index in [4.69, 9.17) is 11.6 Å². The predicted octanol–water partition coefficient (Wildman–Crippen LogP) is 4.58. The molecule has 4 aromatic rings. The van der Waals surface area contributed by atoms with E-state index in [1.165, 1.54) is 0 Å².